The fraction of sp³-hybridized carbons (Fsp3) is 0.500. The van der Waals surface area contributed by atoms with Crippen molar-refractivity contribution in [1.82, 2.24) is 4.90 Å². The fourth-order valence-electron chi connectivity index (χ4n) is 2.41. The average molecular weight is 248 g/mol. The lowest BCUT2D eigenvalue weighted by Gasteiger charge is -2.32. The van der Waals surface area contributed by atoms with Crippen LogP contribution in [-0.4, -0.2) is 41.7 Å². The molecule has 0 aliphatic carbocycles. The molecule has 4 nitrogen and oxygen atoms in total. The number of aromatic carboxylic acids is 1. The van der Waals surface area contributed by atoms with E-state index in [9.17, 15) is 4.79 Å². The zero-order chi connectivity index (χ0) is 13.0. The first-order valence-corrected chi connectivity index (χ1v) is 6.51. The Balaban J connectivity index is 1.94. The molecule has 2 N–H and O–H groups in total. The molecular weight excluding hydrogens is 228 g/mol. The topological polar surface area (TPSA) is 52.6 Å². The van der Waals surface area contributed by atoms with Crippen LogP contribution in [0.1, 0.15) is 30.1 Å². The van der Waals surface area contributed by atoms with Gasteiger partial charge in [0.1, 0.15) is 0 Å². The van der Waals surface area contributed by atoms with Crippen LogP contribution in [0.3, 0.4) is 0 Å². The highest BCUT2D eigenvalue weighted by Gasteiger charge is 2.18. The summed E-state index contributed by atoms with van der Waals surface area (Å²) in [5, 5.41) is 12.3. The predicted molar refractivity (Wildman–Crippen MR) is 72.2 cm³/mol. The second-order valence-electron chi connectivity index (χ2n) is 4.76. The van der Waals surface area contributed by atoms with Gasteiger partial charge in [-0.2, -0.15) is 0 Å². The zero-order valence-electron chi connectivity index (χ0n) is 10.7. The van der Waals surface area contributed by atoms with Gasteiger partial charge in [-0.3, -0.25) is 0 Å². The molecule has 1 heterocycles. The molecule has 0 radical (unpaired) electrons. The maximum atomic E-state index is 10.8. The number of nitrogens with one attached hydrogen (secondary N) is 1. The number of carbonyl (C=O) groups is 1. The molecule has 0 aromatic heterocycles. The minimum Gasteiger partial charge on any atom is -0.478 e. The van der Waals surface area contributed by atoms with Crippen LogP contribution >= 0.6 is 0 Å². The number of carboxylic acid groups (broad SMARTS) is 1. The lowest BCUT2D eigenvalue weighted by molar-refractivity contribution is 0.0697. The summed E-state index contributed by atoms with van der Waals surface area (Å²) in [6.07, 6.45) is 2.40. The Morgan fingerprint density at radius 1 is 1.44 bits per heavy atom. The summed E-state index contributed by atoms with van der Waals surface area (Å²) in [6, 6.07) is 7.44. The van der Waals surface area contributed by atoms with Crippen molar-refractivity contribution in [2.75, 3.05) is 25.0 Å². The number of likely N-dealkylation sites (N-methyl/N-ethyl adjacent to an activating group) is 1. The lowest BCUT2D eigenvalue weighted by Crippen LogP contribution is -2.41. The second kappa shape index (κ2) is 5.87. The van der Waals surface area contributed by atoms with Gasteiger partial charge in [-0.15, -0.1) is 0 Å². The minimum absolute atomic E-state index is 0.333. The monoisotopic (exact) mass is 248 g/mol. The highest BCUT2D eigenvalue weighted by atomic mass is 16.4. The molecule has 1 aromatic carbocycles. The smallest absolute Gasteiger partial charge is 0.335 e. The number of hydrogen-bond acceptors (Lipinski definition) is 3. The van der Waals surface area contributed by atoms with Crippen LogP contribution in [0.25, 0.3) is 0 Å². The molecule has 1 aliphatic rings. The zero-order valence-corrected chi connectivity index (χ0v) is 10.7. The molecule has 1 aromatic rings. The van der Waals surface area contributed by atoms with E-state index < -0.39 is 5.97 Å². The molecule has 2 rings (SSSR count). The Morgan fingerprint density at radius 2 is 2.17 bits per heavy atom. The van der Waals surface area contributed by atoms with E-state index in [1.165, 1.54) is 19.4 Å². The van der Waals surface area contributed by atoms with Gasteiger partial charge < -0.3 is 15.3 Å². The van der Waals surface area contributed by atoms with Crippen LogP contribution in [0.2, 0.25) is 0 Å². The van der Waals surface area contributed by atoms with E-state index in [4.69, 9.17) is 5.11 Å². The third-order valence-electron chi connectivity index (χ3n) is 3.46. The van der Waals surface area contributed by atoms with Crippen molar-refractivity contribution in [3.05, 3.63) is 29.8 Å². The van der Waals surface area contributed by atoms with Crippen molar-refractivity contribution in [3.63, 3.8) is 0 Å². The summed E-state index contributed by atoms with van der Waals surface area (Å²) in [7, 11) is 0. The quantitative estimate of drug-likeness (QED) is 0.858. The molecule has 1 saturated heterocycles. The summed E-state index contributed by atoms with van der Waals surface area (Å²) >= 11 is 0. The third-order valence-corrected chi connectivity index (χ3v) is 3.46. The number of anilines is 1. The molecule has 0 amide bonds. The molecule has 1 fully saturated rings. The number of piperidine rings is 1. The van der Waals surface area contributed by atoms with Gasteiger partial charge in [0.25, 0.3) is 0 Å². The Kier molecular flexibility index (Phi) is 4.20. The molecule has 98 valence electrons. The van der Waals surface area contributed by atoms with Crippen LogP contribution in [0.15, 0.2) is 24.3 Å². The van der Waals surface area contributed by atoms with Gasteiger partial charge >= 0.3 is 5.97 Å². The Hall–Kier alpha value is -1.55. The molecule has 1 atom stereocenters. The molecule has 4 heteroatoms. The van der Waals surface area contributed by atoms with Gasteiger partial charge in [-0.05, 0) is 50.2 Å². The number of benzene rings is 1. The van der Waals surface area contributed by atoms with Crippen LogP contribution in [-0.2, 0) is 0 Å². The van der Waals surface area contributed by atoms with Gasteiger partial charge in [-0.1, -0.05) is 6.92 Å². The summed E-state index contributed by atoms with van der Waals surface area (Å²) in [5.41, 5.74) is 1.34. The van der Waals surface area contributed by atoms with Crippen molar-refractivity contribution in [3.8, 4) is 0 Å². The summed E-state index contributed by atoms with van der Waals surface area (Å²) in [6.45, 7) is 5.53. The van der Waals surface area contributed by atoms with Crippen LogP contribution in [0.4, 0.5) is 5.69 Å². The van der Waals surface area contributed by atoms with E-state index >= 15 is 0 Å². The predicted octanol–water partition coefficient (Wildman–Crippen LogP) is 2.28. The van der Waals surface area contributed by atoms with Crippen LogP contribution in [0, 0.1) is 0 Å². The van der Waals surface area contributed by atoms with E-state index in [0.29, 0.717) is 11.6 Å². The fourth-order valence-corrected chi connectivity index (χ4v) is 2.41. The highest BCUT2D eigenvalue weighted by molar-refractivity contribution is 5.87. The van der Waals surface area contributed by atoms with E-state index in [1.54, 1.807) is 12.1 Å². The van der Waals surface area contributed by atoms with Crippen molar-refractivity contribution < 1.29 is 9.90 Å². The Bertz CT molecular complexity index is 403. The highest BCUT2D eigenvalue weighted by Crippen LogP contribution is 2.16. The molecule has 0 bridgehead atoms. The van der Waals surface area contributed by atoms with Crippen molar-refractivity contribution >= 4 is 11.7 Å². The number of carboxylic acids is 1. The van der Waals surface area contributed by atoms with Gasteiger partial charge in [0.15, 0.2) is 0 Å². The number of rotatable bonds is 4. The molecule has 0 spiro atoms. The third kappa shape index (κ3) is 3.23. The second-order valence-corrected chi connectivity index (χ2v) is 4.76. The van der Waals surface area contributed by atoms with E-state index in [1.807, 2.05) is 12.1 Å². The number of hydrogen-bond donors (Lipinski definition) is 2. The molecule has 0 saturated carbocycles. The van der Waals surface area contributed by atoms with Crippen molar-refractivity contribution in [2.24, 2.45) is 0 Å². The molecule has 1 unspecified atom stereocenters. The van der Waals surface area contributed by atoms with Crippen LogP contribution in [0.5, 0.6) is 0 Å². The largest absolute Gasteiger partial charge is 0.478 e. The van der Waals surface area contributed by atoms with Crippen molar-refractivity contribution in [2.45, 2.75) is 25.8 Å². The summed E-state index contributed by atoms with van der Waals surface area (Å²) < 4.78 is 0. The first-order chi connectivity index (χ1) is 8.69. The minimum atomic E-state index is -0.878. The van der Waals surface area contributed by atoms with Gasteiger partial charge in [0.2, 0.25) is 0 Å². The van der Waals surface area contributed by atoms with Gasteiger partial charge in [0.05, 0.1) is 5.56 Å². The first-order valence-electron chi connectivity index (χ1n) is 6.51. The molecular formula is C14H20N2O2. The molecule has 1 aliphatic heterocycles. The standard InChI is InChI=1S/C14H20N2O2/c1-2-16-9-3-4-13(10-16)15-12-7-5-11(6-8-12)14(17)18/h5-8,13,15H,2-4,9-10H2,1H3,(H,17,18). The van der Waals surface area contributed by atoms with E-state index in [-0.39, 0.29) is 0 Å². The maximum absolute atomic E-state index is 10.8. The summed E-state index contributed by atoms with van der Waals surface area (Å²) in [4.78, 5) is 13.2. The van der Waals surface area contributed by atoms with Crippen LogP contribution < -0.4 is 5.32 Å². The first kappa shape index (κ1) is 12.9. The van der Waals surface area contributed by atoms with E-state index in [2.05, 4.69) is 17.1 Å². The summed E-state index contributed by atoms with van der Waals surface area (Å²) in [5.74, 6) is -0.878. The Morgan fingerprint density at radius 3 is 2.78 bits per heavy atom. The molecule has 18 heavy (non-hydrogen) atoms. The normalized spacial score (nSPS) is 20.6. The van der Waals surface area contributed by atoms with Gasteiger partial charge in [0, 0.05) is 18.3 Å². The number of likely N-dealkylation sites (tertiary alicyclic amines) is 1. The number of nitrogens with zero attached hydrogens (tertiary/aromatic N) is 1. The maximum Gasteiger partial charge on any atom is 0.335 e. The SMILES string of the molecule is CCN1CCCC(Nc2ccc(C(=O)O)cc2)C1. The lowest BCUT2D eigenvalue weighted by atomic mass is 10.1. The van der Waals surface area contributed by atoms with Gasteiger partial charge in [-0.25, -0.2) is 4.79 Å². The van der Waals surface area contributed by atoms with E-state index in [0.717, 1.165) is 18.8 Å². The Labute approximate surface area is 108 Å². The van der Waals surface area contributed by atoms with Crippen molar-refractivity contribution in [1.29, 1.82) is 0 Å². The average Bonchev–Trinajstić information content (AvgIpc) is 2.39.